The number of benzene rings is 2. The van der Waals surface area contributed by atoms with Gasteiger partial charge in [0.1, 0.15) is 11.4 Å². The number of amides is 1. The summed E-state index contributed by atoms with van der Waals surface area (Å²) in [7, 11) is 0. The molecule has 2 aromatic carbocycles. The van der Waals surface area contributed by atoms with Gasteiger partial charge in [0, 0.05) is 11.5 Å². The van der Waals surface area contributed by atoms with E-state index in [1.54, 1.807) is 13.0 Å². The van der Waals surface area contributed by atoms with E-state index in [0.29, 0.717) is 16.7 Å². The first-order valence-corrected chi connectivity index (χ1v) is 9.69. The highest BCUT2D eigenvalue weighted by Gasteiger charge is 2.15. The maximum absolute atomic E-state index is 12.3. The summed E-state index contributed by atoms with van der Waals surface area (Å²) in [5, 5.41) is 8.21. The number of hydrogen-bond donors (Lipinski definition) is 1. The number of carbonyl (C=O) groups is 1. The minimum atomic E-state index is -0.175. The van der Waals surface area contributed by atoms with Gasteiger partial charge in [0.25, 0.3) is 0 Å². The summed E-state index contributed by atoms with van der Waals surface area (Å²) in [4.78, 5) is 21.9. The number of aryl methyl sites for hydroxylation is 1. The van der Waals surface area contributed by atoms with Gasteiger partial charge in [0.05, 0.1) is 22.3 Å². The lowest BCUT2D eigenvalue weighted by Gasteiger charge is -2.08. The van der Waals surface area contributed by atoms with Crippen molar-refractivity contribution in [2.75, 3.05) is 11.1 Å². The van der Waals surface area contributed by atoms with E-state index in [0.717, 1.165) is 27.6 Å². The Balaban J connectivity index is 1.54. The van der Waals surface area contributed by atoms with Crippen LogP contribution in [0, 0.1) is 6.92 Å². The average molecular weight is 389 g/mol. The standard InChI is InChI=1S/C20H15N5O2S/c1-12-10-17(24-27-12)23-18(26)11-28-20-22-14-7-3-2-6-13(14)19-21-15-8-4-5-9-16(15)25(19)20/h2-10H,11H2,1H3,(H,23,24,26). The van der Waals surface area contributed by atoms with Crippen LogP contribution in [0.1, 0.15) is 5.76 Å². The molecule has 5 rings (SSSR count). The van der Waals surface area contributed by atoms with Gasteiger partial charge in [-0.15, -0.1) is 0 Å². The van der Waals surface area contributed by atoms with Gasteiger partial charge in [-0.25, -0.2) is 9.97 Å². The molecular weight excluding hydrogens is 374 g/mol. The molecule has 0 aliphatic heterocycles. The van der Waals surface area contributed by atoms with Crippen molar-refractivity contribution in [3.05, 3.63) is 60.4 Å². The van der Waals surface area contributed by atoms with E-state index in [9.17, 15) is 4.79 Å². The van der Waals surface area contributed by atoms with Gasteiger partial charge in [0.15, 0.2) is 11.0 Å². The zero-order chi connectivity index (χ0) is 19.1. The lowest BCUT2D eigenvalue weighted by Crippen LogP contribution is -2.14. The van der Waals surface area contributed by atoms with E-state index in [-0.39, 0.29) is 11.7 Å². The van der Waals surface area contributed by atoms with Crippen molar-refractivity contribution < 1.29 is 9.32 Å². The Morgan fingerprint density at radius 2 is 1.89 bits per heavy atom. The van der Waals surface area contributed by atoms with Crippen LogP contribution in [0.15, 0.2) is 64.3 Å². The van der Waals surface area contributed by atoms with Crippen molar-refractivity contribution in [1.29, 1.82) is 0 Å². The van der Waals surface area contributed by atoms with Crippen LogP contribution in [0.2, 0.25) is 0 Å². The van der Waals surface area contributed by atoms with Crippen LogP contribution >= 0.6 is 11.8 Å². The van der Waals surface area contributed by atoms with Gasteiger partial charge < -0.3 is 9.84 Å². The molecule has 0 bridgehead atoms. The molecule has 3 heterocycles. The van der Waals surface area contributed by atoms with Crippen LogP contribution < -0.4 is 5.32 Å². The number of thioether (sulfide) groups is 1. The smallest absolute Gasteiger partial charge is 0.236 e. The zero-order valence-corrected chi connectivity index (χ0v) is 15.7. The predicted molar refractivity (Wildman–Crippen MR) is 109 cm³/mol. The van der Waals surface area contributed by atoms with E-state index in [1.807, 2.05) is 52.9 Å². The van der Waals surface area contributed by atoms with Crippen molar-refractivity contribution in [3.63, 3.8) is 0 Å². The average Bonchev–Trinajstić information content (AvgIpc) is 3.29. The number of anilines is 1. The summed E-state index contributed by atoms with van der Waals surface area (Å²) in [5.41, 5.74) is 3.54. The molecule has 8 heteroatoms. The third-order valence-electron chi connectivity index (χ3n) is 4.34. The highest BCUT2D eigenvalue weighted by Crippen LogP contribution is 2.28. The molecule has 138 valence electrons. The van der Waals surface area contributed by atoms with Crippen LogP contribution in [0.3, 0.4) is 0 Å². The second-order valence-electron chi connectivity index (χ2n) is 6.33. The van der Waals surface area contributed by atoms with Gasteiger partial charge >= 0.3 is 0 Å². The number of para-hydroxylation sites is 3. The molecule has 0 aliphatic carbocycles. The molecule has 0 saturated carbocycles. The zero-order valence-electron chi connectivity index (χ0n) is 14.9. The van der Waals surface area contributed by atoms with Gasteiger partial charge in [0.2, 0.25) is 5.91 Å². The Morgan fingerprint density at radius 3 is 2.71 bits per heavy atom. The highest BCUT2D eigenvalue weighted by molar-refractivity contribution is 7.99. The molecular formula is C20H15N5O2S. The van der Waals surface area contributed by atoms with Crippen molar-refractivity contribution in [2.45, 2.75) is 12.1 Å². The quantitative estimate of drug-likeness (QED) is 0.368. The van der Waals surface area contributed by atoms with E-state index >= 15 is 0 Å². The van der Waals surface area contributed by atoms with Crippen LogP contribution in [0.4, 0.5) is 5.82 Å². The maximum atomic E-state index is 12.3. The summed E-state index contributed by atoms with van der Waals surface area (Å²) in [6.45, 7) is 1.78. The third kappa shape index (κ3) is 2.87. The van der Waals surface area contributed by atoms with Crippen LogP contribution in [-0.4, -0.2) is 31.2 Å². The molecule has 0 fully saturated rings. The highest BCUT2D eigenvalue weighted by atomic mass is 32.2. The summed E-state index contributed by atoms with van der Waals surface area (Å²) in [6, 6.07) is 17.5. The van der Waals surface area contributed by atoms with Gasteiger partial charge in [-0.1, -0.05) is 41.2 Å². The number of hydrogen-bond acceptors (Lipinski definition) is 6. The molecule has 1 amide bonds. The van der Waals surface area contributed by atoms with Gasteiger partial charge in [-0.2, -0.15) is 0 Å². The second-order valence-corrected chi connectivity index (χ2v) is 7.27. The SMILES string of the molecule is Cc1cc(NC(=O)CSc2nc3ccccc3c3nc4ccccc4n23)no1. The van der Waals surface area contributed by atoms with Gasteiger partial charge in [-0.05, 0) is 31.2 Å². The topological polar surface area (TPSA) is 85.3 Å². The fourth-order valence-electron chi connectivity index (χ4n) is 3.14. The molecule has 5 aromatic rings. The third-order valence-corrected chi connectivity index (χ3v) is 5.28. The number of aromatic nitrogens is 4. The van der Waals surface area contributed by atoms with E-state index in [1.165, 1.54) is 11.8 Å². The monoisotopic (exact) mass is 389 g/mol. The molecule has 0 aliphatic rings. The maximum Gasteiger partial charge on any atom is 0.236 e. The van der Waals surface area contributed by atoms with Crippen LogP contribution in [-0.2, 0) is 4.79 Å². The lowest BCUT2D eigenvalue weighted by molar-refractivity contribution is -0.113. The summed E-state index contributed by atoms with van der Waals surface area (Å²) >= 11 is 1.36. The Hall–Kier alpha value is -3.39. The minimum Gasteiger partial charge on any atom is -0.360 e. The van der Waals surface area contributed by atoms with Crippen molar-refractivity contribution >= 4 is 51.1 Å². The lowest BCUT2D eigenvalue weighted by atomic mass is 10.2. The molecule has 28 heavy (non-hydrogen) atoms. The second kappa shape index (κ2) is 6.65. The summed E-state index contributed by atoms with van der Waals surface area (Å²) in [6.07, 6.45) is 0. The fraction of sp³-hybridized carbons (Fsp3) is 0.100. The summed E-state index contributed by atoms with van der Waals surface area (Å²) in [5.74, 6) is 1.07. The number of nitrogens with one attached hydrogen (secondary N) is 1. The van der Waals surface area contributed by atoms with E-state index < -0.39 is 0 Å². The number of imidazole rings is 1. The van der Waals surface area contributed by atoms with Crippen molar-refractivity contribution in [2.24, 2.45) is 0 Å². The molecule has 0 spiro atoms. The Morgan fingerprint density at radius 1 is 1.11 bits per heavy atom. The van der Waals surface area contributed by atoms with E-state index in [2.05, 4.69) is 10.5 Å². The van der Waals surface area contributed by atoms with E-state index in [4.69, 9.17) is 14.5 Å². The molecule has 0 radical (unpaired) electrons. The molecule has 0 atom stereocenters. The van der Waals surface area contributed by atoms with Crippen molar-refractivity contribution in [3.8, 4) is 0 Å². The summed E-state index contributed by atoms with van der Waals surface area (Å²) < 4.78 is 6.99. The molecule has 7 nitrogen and oxygen atoms in total. The number of rotatable bonds is 4. The number of nitrogens with zero attached hydrogens (tertiary/aromatic N) is 4. The first-order chi connectivity index (χ1) is 13.7. The van der Waals surface area contributed by atoms with Crippen LogP contribution in [0.5, 0.6) is 0 Å². The molecule has 1 N–H and O–H groups in total. The number of fused-ring (bicyclic) bond motifs is 5. The fourth-order valence-corrected chi connectivity index (χ4v) is 3.95. The Bertz CT molecular complexity index is 1340. The number of carbonyl (C=O) groups excluding carboxylic acids is 1. The Kier molecular flexibility index (Phi) is 3.98. The molecule has 0 unspecified atom stereocenters. The Labute approximate surface area is 163 Å². The van der Waals surface area contributed by atoms with Crippen LogP contribution in [0.25, 0.3) is 27.6 Å². The largest absolute Gasteiger partial charge is 0.360 e. The first kappa shape index (κ1) is 16.8. The predicted octanol–water partition coefficient (Wildman–Crippen LogP) is 4.06. The first-order valence-electron chi connectivity index (χ1n) is 8.71. The molecule has 3 aromatic heterocycles. The van der Waals surface area contributed by atoms with Gasteiger partial charge in [-0.3, -0.25) is 9.20 Å². The van der Waals surface area contributed by atoms with Crippen molar-refractivity contribution in [1.82, 2.24) is 19.5 Å². The minimum absolute atomic E-state index is 0.175. The molecule has 0 saturated heterocycles. The normalized spacial score (nSPS) is 11.5.